The Balaban J connectivity index is 1.78. The zero-order valence-corrected chi connectivity index (χ0v) is 15.8. The normalized spacial score (nSPS) is 17.8. The summed E-state index contributed by atoms with van der Waals surface area (Å²) in [5, 5.41) is 8.54. The average molecular weight is 392 g/mol. The van der Waals surface area contributed by atoms with Crippen LogP contribution in [-0.2, 0) is 4.74 Å². The Kier molecular flexibility index (Phi) is 4.97. The monoisotopic (exact) mass is 391 g/mol. The third-order valence-electron chi connectivity index (χ3n) is 4.31. The Labute approximate surface area is 161 Å². The molecular formula is C19H19ClFN3O3. The van der Waals surface area contributed by atoms with Crippen molar-refractivity contribution >= 4 is 35.1 Å². The second-order valence-corrected chi connectivity index (χ2v) is 7.28. The number of carbonyl (C=O) groups excluding carboxylic acids is 2. The number of hydrogen-bond acceptors (Lipinski definition) is 3. The molecule has 1 heterocycles. The van der Waals surface area contributed by atoms with Gasteiger partial charge in [-0.25, -0.2) is 14.0 Å². The number of halogens is 2. The smallest absolute Gasteiger partial charge is 0.408 e. The number of anilines is 2. The number of nitrogens with one attached hydrogen (secondary N) is 3. The first-order chi connectivity index (χ1) is 12.7. The van der Waals surface area contributed by atoms with Crippen LogP contribution in [0.4, 0.5) is 25.4 Å². The summed E-state index contributed by atoms with van der Waals surface area (Å²) in [6, 6.07) is 8.10. The van der Waals surface area contributed by atoms with Gasteiger partial charge in [0.1, 0.15) is 11.4 Å². The summed E-state index contributed by atoms with van der Waals surface area (Å²) < 4.78 is 19.5. The second kappa shape index (κ2) is 7.08. The molecule has 0 aliphatic carbocycles. The molecule has 0 spiro atoms. The maximum Gasteiger partial charge on any atom is 0.408 e. The SMILES string of the molecule is Cc1cc(Cl)ccc1NC(=O)Nc1ccc(F)c(C2NC(=O)OC2(C)C)c1. The molecule has 3 rings (SSSR count). The van der Waals surface area contributed by atoms with Crippen molar-refractivity contribution in [2.75, 3.05) is 10.6 Å². The van der Waals surface area contributed by atoms with Crippen molar-refractivity contribution in [1.82, 2.24) is 5.32 Å². The van der Waals surface area contributed by atoms with Crippen LogP contribution in [0.2, 0.25) is 5.02 Å². The van der Waals surface area contributed by atoms with Gasteiger partial charge < -0.3 is 20.7 Å². The fourth-order valence-electron chi connectivity index (χ4n) is 2.97. The van der Waals surface area contributed by atoms with E-state index in [1.165, 1.54) is 18.2 Å². The number of benzene rings is 2. The van der Waals surface area contributed by atoms with Crippen LogP contribution in [0.25, 0.3) is 0 Å². The lowest BCUT2D eigenvalue weighted by molar-refractivity contribution is 0.0677. The lowest BCUT2D eigenvalue weighted by Crippen LogP contribution is -2.31. The minimum absolute atomic E-state index is 0.228. The number of aryl methyl sites for hydroxylation is 1. The van der Waals surface area contributed by atoms with Crippen LogP contribution in [0.15, 0.2) is 36.4 Å². The van der Waals surface area contributed by atoms with Crippen LogP contribution in [0.1, 0.15) is 31.0 Å². The van der Waals surface area contributed by atoms with Gasteiger partial charge in [-0.1, -0.05) is 11.6 Å². The summed E-state index contributed by atoms with van der Waals surface area (Å²) in [5.74, 6) is -0.502. The summed E-state index contributed by atoms with van der Waals surface area (Å²) in [6.07, 6.45) is -0.612. The van der Waals surface area contributed by atoms with Crippen molar-refractivity contribution in [2.24, 2.45) is 0 Å². The fraction of sp³-hybridized carbons (Fsp3) is 0.263. The molecule has 2 aromatic carbocycles. The maximum absolute atomic E-state index is 14.3. The molecule has 1 aliphatic rings. The molecule has 0 aromatic heterocycles. The number of cyclic esters (lactones) is 1. The molecule has 142 valence electrons. The van der Waals surface area contributed by atoms with Gasteiger partial charge in [0, 0.05) is 22.0 Å². The number of amides is 3. The van der Waals surface area contributed by atoms with Crippen molar-refractivity contribution in [3.05, 3.63) is 58.4 Å². The van der Waals surface area contributed by atoms with Crippen LogP contribution >= 0.6 is 11.6 Å². The second-order valence-electron chi connectivity index (χ2n) is 6.84. The van der Waals surface area contributed by atoms with Crippen LogP contribution in [-0.4, -0.2) is 17.7 Å². The molecule has 1 unspecified atom stereocenters. The lowest BCUT2D eigenvalue weighted by atomic mass is 9.92. The quantitative estimate of drug-likeness (QED) is 0.689. The molecule has 2 aromatic rings. The lowest BCUT2D eigenvalue weighted by Gasteiger charge is -2.24. The van der Waals surface area contributed by atoms with E-state index in [0.29, 0.717) is 16.4 Å². The Hall–Kier alpha value is -2.80. The summed E-state index contributed by atoms with van der Waals surface area (Å²) in [6.45, 7) is 5.19. The number of carbonyl (C=O) groups is 2. The van der Waals surface area contributed by atoms with Crippen molar-refractivity contribution in [2.45, 2.75) is 32.4 Å². The highest BCUT2D eigenvalue weighted by molar-refractivity contribution is 6.30. The van der Waals surface area contributed by atoms with Gasteiger partial charge in [-0.15, -0.1) is 0 Å². The molecule has 3 N–H and O–H groups in total. The molecule has 0 bridgehead atoms. The first-order valence-electron chi connectivity index (χ1n) is 8.29. The Morgan fingerprint density at radius 3 is 2.59 bits per heavy atom. The Bertz CT molecular complexity index is 917. The third kappa shape index (κ3) is 4.14. The van der Waals surface area contributed by atoms with Crippen molar-refractivity contribution in [3.8, 4) is 0 Å². The molecule has 1 aliphatic heterocycles. The molecule has 1 atom stereocenters. The molecule has 1 saturated heterocycles. The van der Waals surface area contributed by atoms with Crippen molar-refractivity contribution in [3.63, 3.8) is 0 Å². The van der Waals surface area contributed by atoms with Gasteiger partial charge in [-0.05, 0) is 62.7 Å². The van der Waals surface area contributed by atoms with E-state index in [4.69, 9.17) is 16.3 Å². The van der Waals surface area contributed by atoms with Gasteiger partial charge in [0.15, 0.2) is 0 Å². The molecule has 0 saturated carbocycles. The van der Waals surface area contributed by atoms with E-state index in [-0.39, 0.29) is 5.56 Å². The van der Waals surface area contributed by atoms with Crippen LogP contribution in [0.3, 0.4) is 0 Å². The number of hydrogen-bond donors (Lipinski definition) is 3. The predicted octanol–water partition coefficient (Wildman–Crippen LogP) is 4.99. The largest absolute Gasteiger partial charge is 0.441 e. The van der Waals surface area contributed by atoms with Crippen LogP contribution in [0, 0.1) is 12.7 Å². The topological polar surface area (TPSA) is 79.5 Å². The number of rotatable bonds is 3. The highest BCUT2D eigenvalue weighted by Crippen LogP contribution is 2.36. The van der Waals surface area contributed by atoms with Gasteiger partial charge >= 0.3 is 12.1 Å². The third-order valence-corrected chi connectivity index (χ3v) is 4.55. The predicted molar refractivity (Wildman–Crippen MR) is 102 cm³/mol. The number of urea groups is 1. The van der Waals surface area contributed by atoms with E-state index < -0.39 is 29.6 Å². The molecule has 3 amide bonds. The molecule has 6 nitrogen and oxygen atoms in total. The van der Waals surface area contributed by atoms with E-state index >= 15 is 0 Å². The summed E-state index contributed by atoms with van der Waals surface area (Å²) in [7, 11) is 0. The summed E-state index contributed by atoms with van der Waals surface area (Å²) >= 11 is 5.91. The van der Waals surface area contributed by atoms with Crippen LogP contribution < -0.4 is 16.0 Å². The van der Waals surface area contributed by atoms with Crippen LogP contribution in [0.5, 0.6) is 0 Å². The molecule has 8 heteroatoms. The van der Waals surface area contributed by atoms with Crippen molar-refractivity contribution < 1.29 is 18.7 Å². The highest BCUT2D eigenvalue weighted by atomic mass is 35.5. The molecule has 27 heavy (non-hydrogen) atoms. The van der Waals surface area contributed by atoms with E-state index in [1.54, 1.807) is 32.0 Å². The molecule has 1 fully saturated rings. The van der Waals surface area contributed by atoms with E-state index in [1.807, 2.05) is 6.92 Å². The standard InChI is InChI=1S/C19H19ClFN3O3/c1-10-8-11(20)4-7-15(10)23-17(25)22-12-5-6-14(21)13(9-12)16-19(2,3)27-18(26)24-16/h4-9,16H,1-3H3,(H,24,26)(H2,22,23,25). The first-order valence-corrected chi connectivity index (χ1v) is 8.66. The zero-order valence-electron chi connectivity index (χ0n) is 15.0. The highest BCUT2D eigenvalue weighted by Gasteiger charge is 2.43. The van der Waals surface area contributed by atoms with Gasteiger partial charge in [0.2, 0.25) is 0 Å². The van der Waals surface area contributed by atoms with E-state index in [2.05, 4.69) is 16.0 Å². The number of ether oxygens (including phenoxy) is 1. The first kappa shape index (κ1) is 19.0. The Morgan fingerprint density at radius 1 is 1.22 bits per heavy atom. The van der Waals surface area contributed by atoms with E-state index in [0.717, 1.165) is 5.56 Å². The molecule has 0 radical (unpaired) electrons. The number of alkyl carbamates (subject to hydrolysis) is 1. The van der Waals surface area contributed by atoms with E-state index in [9.17, 15) is 14.0 Å². The van der Waals surface area contributed by atoms with Gasteiger partial charge in [-0.3, -0.25) is 0 Å². The Morgan fingerprint density at radius 2 is 1.96 bits per heavy atom. The zero-order chi connectivity index (χ0) is 19.8. The van der Waals surface area contributed by atoms with Crippen molar-refractivity contribution in [1.29, 1.82) is 0 Å². The molecular weight excluding hydrogens is 373 g/mol. The average Bonchev–Trinajstić information content (AvgIpc) is 2.84. The minimum atomic E-state index is -0.917. The fourth-order valence-corrected chi connectivity index (χ4v) is 3.19. The van der Waals surface area contributed by atoms with Gasteiger partial charge in [0.05, 0.1) is 6.04 Å². The van der Waals surface area contributed by atoms with Gasteiger partial charge in [-0.2, -0.15) is 0 Å². The maximum atomic E-state index is 14.3. The summed E-state index contributed by atoms with van der Waals surface area (Å²) in [5.41, 5.74) is 1.11. The summed E-state index contributed by atoms with van der Waals surface area (Å²) in [4.78, 5) is 23.8. The van der Waals surface area contributed by atoms with Gasteiger partial charge in [0.25, 0.3) is 0 Å². The minimum Gasteiger partial charge on any atom is -0.441 e.